The third kappa shape index (κ3) is 32.0. The van der Waals surface area contributed by atoms with Crippen LogP contribution in [0.3, 0.4) is 0 Å². The molecule has 0 radical (unpaired) electrons. The van der Waals surface area contributed by atoms with Crippen molar-refractivity contribution in [2.45, 2.75) is 96.8 Å². The van der Waals surface area contributed by atoms with Crippen molar-refractivity contribution in [3.63, 3.8) is 0 Å². The summed E-state index contributed by atoms with van der Waals surface area (Å²) in [6.07, 6.45) is 20.5. The van der Waals surface area contributed by atoms with Gasteiger partial charge in [-0.2, -0.15) is 0 Å². The van der Waals surface area contributed by atoms with Crippen LogP contribution in [-0.4, -0.2) is 114 Å². The summed E-state index contributed by atoms with van der Waals surface area (Å²) < 4.78 is 64.0. The summed E-state index contributed by atoms with van der Waals surface area (Å²) in [5, 5.41) is 8.63. The molecule has 0 spiro atoms. The van der Waals surface area contributed by atoms with Gasteiger partial charge in [0.15, 0.2) is 0 Å². The molecule has 0 fully saturated rings. The average Bonchev–Trinajstić information content (AvgIpc) is 3.37. The Labute approximate surface area is 476 Å². The van der Waals surface area contributed by atoms with E-state index in [0.29, 0.717) is 38.5 Å². The predicted octanol–water partition coefficient (Wildman–Crippen LogP) is 11.4. The summed E-state index contributed by atoms with van der Waals surface area (Å²) in [6, 6.07) is 23.6. The number of pyridine rings is 6. The Morgan fingerprint density at radius 3 is 0.899 bits per heavy atom. The molecule has 0 aliphatic carbocycles. The van der Waals surface area contributed by atoms with Crippen LogP contribution in [0.2, 0.25) is 0 Å². The number of hydrogen-bond acceptors (Lipinski definition) is 15. The molecule has 0 saturated carbocycles. The summed E-state index contributed by atoms with van der Waals surface area (Å²) in [7, 11) is -13.6. The number of aryl methyl sites for hydroxylation is 6. The number of aromatic nitrogens is 6. The van der Waals surface area contributed by atoms with E-state index in [9.17, 15) is 23.1 Å². The van der Waals surface area contributed by atoms with E-state index >= 15 is 0 Å². The largest absolute Gasteiger partial charge is 0.481 e. The number of nitrogens with zero attached hydrogens (tertiary/aromatic N) is 6. The maximum atomic E-state index is 11.1. The molecule has 20 nitrogen and oxygen atoms in total. The van der Waals surface area contributed by atoms with E-state index < -0.39 is 36.4 Å². The average molecular weight is 1260 g/mol. The monoisotopic (exact) mass is 1260 g/mol. The molecule has 6 aromatic rings. The molecule has 6 heterocycles. The number of aliphatic carboxylic acids is 1. The van der Waals surface area contributed by atoms with Gasteiger partial charge in [0.25, 0.3) is 0 Å². The van der Waals surface area contributed by atoms with E-state index in [2.05, 4.69) is 29.9 Å². The number of hydrogen-bond donors (Lipinski definition) is 5. The zero-order valence-corrected chi connectivity index (χ0v) is 50.7. The number of unbranched alkanes of at least 4 members (excludes halogenated alkanes) is 3. The normalized spacial score (nSPS) is 14.1. The molecule has 0 aromatic carbocycles. The minimum Gasteiger partial charge on any atom is -0.481 e. The molecule has 4 unspecified atom stereocenters. The van der Waals surface area contributed by atoms with E-state index in [4.69, 9.17) is 42.8 Å². The first-order valence-corrected chi connectivity index (χ1v) is 33.7. The Morgan fingerprint density at radius 1 is 0.392 bits per heavy atom. The summed E-state index contributed by atoms with van der Waals surface area (Å²) in [5.74, 6) is -0.755. The number of carbonyl (C=O) groups is 1. The van der Waals surface area contributed by atoms with E-state index in [1.807, 2.05) is 79.7 Å². The maximum absolute atomic E-state index is 11.1. The van der Waals surface area contributed by atoms with Crippen LogP contribution in [0.25, 0.3) is 34.2 Å². The van der Waals surface area contributed by atoms with Crippen molar-refractivity contribution in [3.05, 3.63) is 143 Å². The van der Waals surface area contributed by atoms with E-state index in [0.717, 1.165) is 112 Å². The second kappa shape index (κ2) is 35.5. The molecular formula is C54H74N6O14P4Ru. The number of carboxylic acids is 1. The first-order chi connectivity index (χ1) is 36.9. The van der Waals surface area contributed by atoms with Gasteiger partial charge >= 0.3 is 36.4 Å². The maximum Gasteiger partial charge on any atom is 0.325 e. The Morgan fingerprint density at radius 2 is 0.633 bits per heavy atom. The Hall–Kier alpha value is -4.41. The van der Waals surface area contributed by atoms with Crippen molar-refractivity contribution < 1.29 is 85.3 Å². The van der Waals surface area contributed by atoms with Gasteiger partial charge in [-0.25, -0.2) is 0 Å². The van der Waals surface area contributed by atoms with Crippen LogP contribution in [0.1, 0.15) is 91.2 Å². The topological polar surface area (TPSA) is 301 Å². The van der Waals surface area contributed by atoms with E-state index in [-0.39, 0.29) is 52.3 Å². The van der Waals surface area contributed by atoms with Crippen LogP contribution in [0, 0.1) is 6.92 Å². The number of rotatable bonds is 30. The molecule has 25 heteroatoms. The molecule has 4 atom stereocenters. The predicted molar refractivity (Wildman–Crippen MR) is 302 cm³/mol. The molecular weight excluding hydrogens is 1180 g/mol. The summed E-state index contributed by atoms with van der Waals surface area (Å²) in [6.45, 7) is 7.79. The summed E-state index contributed by atoms with van der Waals surface area (Å²) in [5.41, 5.74) is 11.5. The quantitative estimate of drug-likeness (QED) is 0.0159. The van der Waals surface area contributed by atoms with Gasteiger partial charge in [-0.15, -0.1) is 0 Å². The Kier molecular flexibility index (Phi) is 30.9. The molecule has 0 bridgehead atoms. The van der Waals surface area contributed by atoms with E-state index in [1.54, 1.807) is 37.2 Å². The van der Waals surface area contributed by atoms with Crippen molar-refractivity contribution in [2.75, 3.05) is 53.1 Å². The van der Waals surface area contributed by atoms with Gasteiger partial charge in [0.05, 0.1) is 60.6 Å². The van der Waals surface area contributed by atoms with Crippen LogP contribution < -0.4 is 0 Å². The molecule has 5 N–H and O–H groups in total. The minimum absolute atomic E-state index is 0. The fourth-order valence-corrected chi connectivity index (χ4v) is 9.35. The van der Waals surface area contributed by atoms with Crippen molar-refractivity contribution in [1.29, 1.82) is 0 Å². The van der Waals surface area contributed by atoms with Crippen molar-refractivity contribution in [3.8, 4) is 34.2 Å². The molecule has 0 aliphatic rings. The summed E-state index contributed by atoms with van der Waals surface area (Å²) in [4.78, 5) is 73.3. The van der Waals surface area contributed by atoms with Crippen LogP contribution in [0.5, 0.6) is 0 Å². The molecule has 0 aliphatic heterocycles. The smallest absolute Gasteiger partial charge is 0.325 e. The number of carboxylic acid groups (broad SMARTS) is 1. The van der Waals surface area contributed by atoms with Gasteiger partial charge < -0.3 is 42.8 Å². The zero-order chi connectivity index (χ0) is 57.0. The van der Waals surface area contributed by atoms with Crippen LogP contribution in [0.4, 0.5) is 0 Å². The molecule has 79 heavy (non-hydrogen) atoms. The van der Waals surface area contributed by atoms with Gasteiger partial charge in [-0.1, -0.05) is 0 Å². The standard InChI is InChI=1S/C20H30N2O6P2.C19H28N2O6P2.C15H16N2O2.Ru/c1-29(23,24)27-13-5-3-7-17-9-11-21-19(15-17)20-16-18(10-12-22-20)8-4-6-14-28-30(2,25)26;1-28(22,23)26-12-4-3-6-16-8-10-20-18(14-16)19-15-17(9-11-21-19)7-5-13-27-29(2,24)25;1-11-5-7-16-13(9-11)14-10-12(6-8-17-14)3-2-4-15(18)19;/h9-12,15-16H,3-8,13-14H2,1-2H3,(H,23,24)(H,25,26);8-11,14-15H,3-7,12-13H2,1-2H3,(H,22,23)(H,24,25);5-10H,2-4H2,1H3,(H,18,19);. The van der Waals surface area contributed by atoms with Gasteiger partial charge in [0.1, 0.15) is 0 Å². The van der Waals surface area contributed by atoms with Crippen LogP contribution in [0.15, 0.2) is 110 Å². The first-order valence-electron chi connectivity index (χ1n) is 25.6. The Bertz CT molecular complexity index is 2920. The zero-order valence-electron chi connectivity index (χ0n) is 45.4. The molecule has 432 valence electrons. The Balaban J connectivity index is 0.000000317. The second-order valence-electron chi connectivity index (χ2n) is 18.7. The molecule has 6 rings (SSSR count). The summed E-state index contributed by atoms with van der Waals surface area (Å²) >= 11 is 0. The fraction of sp³-hybridized carbons (Fsp3) is 0.426. The third-order valence-electron chi connectivity index (χ3n) is 11.2. The fourth-order valence-electron chi connectivity index (χ4n) is 7.47. The third-order valence-corrected chi connectivity index (χ3v) is 13.8. The van der Waals surface area contributed by atoms with Crippen molar-refractivity contribution >= 4 is 36.4 Å². The molecule has 0 saturated heterocycles. The van der Waals surface area contributed by atoms with Gasteiger partial charge in [-0.05, 0) is 197 Å². The first kappa shape index (κ1) is 68.9. The second-order valence-corrected chi connectivity index (χ2v) is 26.2. The van der Waals surface area contributed by atoms with Gasteiger partial charge in [0, 0.05) is 89.7 Å². The SMILES string of the molecule is CP(=O)(O)OCCCCc1ccnc(-c2cc(CCCCOP(C)(=O)O)ccn2)c1.CP(=O)(O)OCCCCc1ccnc(-c2cc(CCCOP(C)(=O)O)ccn2)c1.Cc1ccnc(-c2cc(CCCC(=O)O)ccn2)c1.[Ru]. The minimum atomic E-state index is -3.43. The molecule has 6 aromatic heterocycles. The molecule has 0 amide bonds. The van der Waals surface area contributed by atoms with Crippen molar-refractivity contribution in [1.82, 2.24) is 29.9 Å². The van der Waals surface area contributed by atoms with Crippen LogP contribution >= 0.6 is 30.4 Å². The van der Waals surface area contributed by atoms with Gasteiger partial charge in [0.2, 0.25) is 0 Å². The van der Waals surface area contributed by atoms with Crippen LogP contribution in [-0.2, 0) is 92.7 Å². The van der Waals surface area contributed by atoms with Gasteiger partial charge in [-0.3, -0.25) is 53.0 Å². The van der Waals surface area contributed by atoms with Crippen molar-refractivity contribution in [2.24, 2.45) is 0 Å². The van der Waals surface area contributed by atoms with E-state index in [1.165, 1.54) is 26.7 Å².